The van der Waals surface area contributed by atoms with Gasteiger partial charge in [-0.1, -0.05) is 27.3 Å². The fourth-order valence-corrected chi connectivity index (χ4v) is 2.94. The first-order chi connectivity index (χ1) is 7.58. The van der Waals surface area contributed by atoms with Gasteiger partial charge < -0.3 is 5.73 Å². The number of nitrogens with zero attached hydrogens (tertiary/aromatic N) is 1. The number of hydrogen-bond acceptors (Lipinski definition) is 3. The highest BCUT2D eigenvalue weighted by molar-refractivity contribution is 9.10. The molecule has 0 saturated heterocycles. The topological polar surface area (TPSA) is 65.1 Å². The Kier molecular flexibility index (Phi) is 3.11. The molecule has 1 aromatic heterocycles. The van der Waals surface area contributed by atoms with E-state index in [-0.39, 0.29) is 11.3 Å². The number of primary amides is 1. The van der Waals surface area contributed by atoms with E-state index in [0.717, 1.165) is 14.7 Å². The molecule has 0 radical (unpaired) electrons. The van der Waals surface area contributed by atoms with Crippen LogP contribution >= 0.6 is 27.3 Å². The Hall–Kier alpha value is -1.14. The van der Waals surface area contributed by atoms with Crippen molar-refractivity contribution >= 4 is 43.4 Å². The molecule has 1 heterocycles. The Morgan fingerprint density at radius 2 is 2.25 bits per heavy atom. The lowest BCUT2D eigenvalue weighted by molar-refractivity contribution is -0.118. The molecule has 0 aliphatic rings. The lowest BCUT2D eigenvalue weighted by Crippen LogP contribution is -2.19. The zero-order valence-corrected chi connectivity index (χ0v) is 10.7. The van der Waals surface area contributed by atoms with Crippen molar-refractivity contribution in [2.45, 2.75) is 13.0 Å². The molecule has 0 aliphatic heterocycles. The SMILES string of the molecule is NC(=O)CCn1c(=O)sc2cc(Br)ccc21. The van der Waals surface area contributed by atoms with Crippen molar-refractivity contribution in [1.29, 1.82) is 0 Å². The highest BCUT2D eigenvalue weighted by Gasteiger charge is 2.08. The molecule has 84 valence electrons. The standard InChI is InChI=1S/C10H9BrN2O2S/c11-6-1-2-7-8(5-6)16-10(15)13(7)4-3-9(12)14/h1-2,5H,3-4H2,(H2,12,14). The lowest BCUT2D eigenvalue weighted by Gasteiger charge is -2.01. The summed E-state index contributed by atoms with van der Waals surface area (Å²) in [5, 5.41) is 0. The fraction of sp³-hybridized carbons (Fsp3) is 0.200. The Morgan fingerprint density at radius 3 is 2.94 bits per heavy atom. The maximum Gasteiger partial charge on any atom is 0.308 e. The molecule has 0 spiro atoms. The van der Waals surface area contributed by atoms with Crippen molar-refractivity contribution in [2.24, 2.45) is 5.73 Å². The van der Waals surface area contributed by atoms with Crippen LogP contribution in [0, 0.1) is 0 Å². The van der Waals surface area contributed by atoms with Gasteiger partial charge in [-0.25, -0.2) is 0 Å². The molecule has 16 heavy (non-hydrogen) atoms. The summed E-state index contributed by atoms with van der Waals surface area (Å²) in [6.45, 7) is 0.343. The number of fused-ring (bicyclic) bond motifs is 1. The van der Waals surface area contributed by atoms with Gasteiger partial charge >= 0.3 is 4.87 Å². The van der Waals surface area contributed by atoms with Gasteiger partial charge in [0.05, 0.1) is 10.2 Å². The second kappa shape index (κ2) is 4.39. The minimum absolute atomic E-state index is 0.0608. The molecule has 0 bridgehead atoms. The van der Waals surface area contributed by atoms with Crippen LogP contribution in [-0.2, 0) is 11.3 Å². The zero-order chi connectivity index (χ0) is 11.7. The third-order valence-electron chi connectivity index (χ3n) is 2.21. The van der Waals surface area contributed by atoms with E-state index in [2.05, 4.69) is 15.9 Å². The van der Waals surface area contributed by atoms with Crippen molar-refractivity contribution in [2.75, 3.05) is 0 Å². The van der Waals surface area contributed by atoms with Crippen LogP contribution in [-0.4, -0.2) is 10.5 Å². The molecular weight excluding hydrogens is 292 g/mol. The van der Waals surface area contributed by atoms with Crippen LogP contribution in [0.2, 0.25) is 0 Å². The smallest absolute Gasteiger partial charge is 0.308 e. The summed E-state index contributed by atoms with van der Waals surface area (Å²) in [7, 11) is 0. The summed E-state index contributed by atoms with van der Waals surface area (Å²) in [6.07, 6.45) is 0.182. The van der Waals surface area contributed by atoms with Gasteiger partial charge in [-0.15, -0.1) is 0 Å². The van der Waals surface area contributed by atoms with Crippen molar-refractivity contribution in [3.05, 3.63) is 32.3 Å². The zero-order valence-electron chi connectivity index (χ0n) is 8.27. The first-order valence-corrected chi connectivity index (χ1v) is 6.26. The van der Waals surface area contributed by atoms with Crippen LogP contribution in [0.15, 0.2) is 27.5 Å². The predicted octanol–water partition coefficient (Wildman–Crippen LogP) is 1.70. The van der Waals surface area contributed by atoms with E-state index in [1.807, 2.05) is 18.2 Å². The van der Waals surface area contributed by atoms with E-state index < -0.39 is 5.91 Å². The van der Waals surface area contributed by atoms with Crippen LogP contribution in [0.1, 0.15) is 6.42 Å². The molecule has 2 N–H and O–H groups in total. The highest BCUT2D eigenvalue weighted by atomic mass is 79.9. The number of amides is 1. The average molecular weight is 301 g/mol. The van der Waals surface area contributed by atoms with Crippen molar-refractivity contribution in [3.8, 4) is 0 Å². The predicted molar refractivity (Wildman–Crippen MR) is 67.6 cm³/mol. The Balaban J connectivity index is 2.48. The van der Waals surface area contributed by atoms with E-state index in [1.165, 1.54) is 11.3 Å². The van der Waals surface area contributed by atoms with Crippen molar-refractivity contribution in [3.63, 3.8) is 0 Å². The largest absolute Gasteiger partial charge is 0.370 e. The summed E-state index contributed by atoms with van der Waals surface area (Å²) in [4.78, 5) is 22.3. The molecule has 1 amide bonds. The van der Waals surface area contributed by atoms with E-state index in [0.29, 0.717) is 6.54 Å². The van der Waals surface area contributed by atoms with Gasteiger partial charge in [0, 0.05) is 17.4 Å². The second-order valence-electron chi connectivity index (χ2n) is 3.35. The van der Waals surface area contributed by atoms with E-state index in [4.69, 9.17) is 5.73 Å². The maximum atomic E-state index is 11.7. The van der Waals surface area contributed by atoms with Crippen LogP contribution < -0.4 is 10.6 Å². The Labute approximate surface area is 104 Å². The van der Waals surface area contributed by atoms with Crippen molar-refractivity contribution in [1.82, 2.24) is 4.57 Å². The van der Waals surface area contributed by atoms with Crippen LogP contribution in [0.5, 0.6) is 0 Å². The normalized spacial score (nSPS) is 10.8. The second-order valence-corrected chi connectivity index (χ2v) is 5.26. The fourth-order valence-electron chi connectivity index (χ4n) is 1.47. The molecule has 0 unspecified atom stereocenters. The lowest BCUT2D eigenvalue weighted by atomic mass is 10.3. The minimum atomic E-state index is -0.400. The molecule has 0 aliphatic carbocycles. The molecule has 4 nitrogen and oxygen atoms in total. The number of aryl methyl sites for hydroxylation is 1. The number of carbonyl (C=O) groups is 1. The molecule has 0 fully saturated rings. The summed E-state index contributed by atoms with van der Waals surface area (Å²) >= 11 is 4.52. The van der Waals surface area contributed by atoms with Gasteiger partial charge in [0.2, 0.25) is 5.91 Å². The van der Waals surface area contributed by atoms with Crippen LogP contribution in [0.25, 0.3) is 10.2 Å². The summed E-state index contributed by atoms with van der Waals surface area (Å²) < 4.78 is 3.42. The third-order valence-corrected chi connectivity index (χ3v) is 3.65. The van der Waals surface area contributed by atoms with E-state index in [1.54, 1.807) is 4.57 Å². The number of benzene rings is 1. The number of hydrogen-bond donors (Lipinski definition) is 1. The number of aromatic nitrogens is 1. The Morgan fingerprint density at radius 1 is 1.50 bits per heavy atom. The monoisotopic (exact) mass is 300 g/mol. The van der Waals surface area contributed by atoms with Gasteiger partial charge in [0.25, 0.3) is 0 Å². The number of halogens is 1. The van der Waals surface area contributed by atoms with Crippen LogP contribution in [0.4, 0.5) is 0 Å². The molecule has 2 aromatic rings. The number of carbonyl (C=O) groups excluding carboxylic acids is 1. The molecular formula is C10H9BrN2O2S. The average Bonchev–Trinajstić information content (AvgIpc) is 2.50. The van der Waals surface area contributed by atoms with Gasteiger partial charge in [-0.05, 0) is 18.2 Å². The van der Waals surface area contributed by atoms with E-state index >= 15 is 0 Å². The molecule has 0 saturated carbocycles. The van der Waals surface area contributed by atoms with Crippen LogP contribution in [0.3, 0.4) is 0 Å². The molecule has 0 atom stereocenters. The number of nitrogens with two attached hydrogens (primary N) is 1. The first kappa shape index (κ1) is 11.3. The first-order valence-electron chi connectivity index (χ1n) is 4.65. The van der Waals surface area contributed by atoms with Gasteiger partial charge in [0.15, 0.2) is 0 Å². The number of rotatable bonds is 3. The van der Waals surface area contributed by atoms with Gasteiger partial charge in [0.1, 0.15) is 0 Å². The Bertz CT molecular complexity index is 602. The highest BCUT2D eigenvalue weighted by Crippen LogP contribution is 2.22. The molecule has 6 heteroatoms. The van der Waals surface area contributed by atoms with Gasteiger partial charge in [-0.2, -0.15) is 0 Å². The third kappa shape index (κ3) is 2.17. The van der Waals surface area contributed by atoms with Crippen molar-refractivity contribution < 1.29 is 4.79 Å². The summed E-state index contributed by atoms with van der Waals surface area (Å²) in [6, 6.07) is 5.62. The number of thiazole rings is 1. The van der Waals surface area contributed by atoms with E-state index in [9.17, 15) is 9.59 Å². The summed E-state index contributed by atoms with van der Waals surface area (Å²) in [5.74, 6) is -0.400. The molecule has 2 rings (SSSR count). The summed E-state index contributed by atoms with van der Waals surface area (Å²) in [5.41, 5.74) is 5.92. The van der Waals surface area contributed by atoms with Gasteiger partial charge in [-0.3, -0.25) is 14.2 Å². The maximum absolute atomic E-state index is 11.7. The quantitative estimate of drug-likeness (QED) is 0.937. The minimum Gasteiger partial charge on any atom is -0.370 e. The molecule has 1 aromatic carbocycles.